The zero-order valence-electron chi connectivity index (χ0n) is 7.60. The van der Waals surface area contributed by atoms with Crippen molar-refractivity contribution in [1.29, 1.82) is 0 Å². The van der Waals surface area contributed by atoms with Gasteiger partial charge in [-0.1, -0.05) is 10.3 Å². The Bertz CT molecular complexity index is 330. The van der Waals surface area contributed by atoms with Gasteiger partial charge in [0.1, 0.15) is 0 Å². The average molecular weight is 199 g/mol. The van der Waals surface area contributed by atoms with Gasteiger partial charge in [-0.3, -0.25) is 0 Å². The number of hydrogen-bond acceptors (Lipinski definition) is 4. The smallest absolute Gasteiger partial charge is 0.238 e. The van der Waals surface area contributed by atoms with Gasteiger partial charge in [0, 0.05) is 13.1 Å². The molecule has 1 aromatic heterocycles. The number of rotatable bonds is 2. The van der Waals surface area contributed by atoms with Crippen LogP contribution in [0.1, 0.15) is 6.42 Å². The third-order valence-electron chi connectivity index (χ3n) is 2.46. The average Bonchev–Trinajstić information content (AvgIpc) is 2.64. The molecule has 0 radical (unpaired) electrons. The molecule has 1 N–H and O–H groups in total. The van der Waals surface area contributed by atoms with Gasteiger partial charge in [0.15, 0.2) is 0 Å². The molecule has 0 saturated carbocycles. The summed E-state index contributed by atoms with van der Waals surface area (Å²) in [7, 11) is 2.14. The zero-order chi connectivity index (χ0) is 9.26. The van der Waals surface area contributed by atoms with Crippen LogP contribution in [0, 0.1) is 10.7 Å². The van der Waals surface area contributed by atoms with Crippen LogP contribution in [-0.2, 0) is 6.54 Å². The van der Waals surface area contributed by atoms with Crippen LogP contribution in [-0.4, -0.2) is 45.2 Å². The van der Waals surface area contributed by atoms with Crippen molar-refractivity contribution < 1.29 is 0 Å². The first-order chi connectivity index (χ1) is 6.25. The van der Waals surface area contributed by atoms with E-state index in [1.807, 2.05) is 4.68 Å². The molecule has 0 spiro atoms. The number of likely N-dealkylation sites (tertiary alicyclic amines) is 1. The fourth-order valence-corrected chi connectivity index (χ4v) is 1.92. The molecule has 1 aliphatic heterocycles. The number of nitrogens with one attached hydrogen (secondary N) is 1. The number of hydrogen-bond donors (Lipinski definition) is 1. The van der Waals surface area contributed by atoms with Crippen LogP contribution in [0.2, 0.25) is 0 Å². The van der Waals surface area contributed by atoms with Crippen LogP contribution < -0.4 is 0 Å². The SMILES string of the molecule is CN1CC[C@@H](Cn2[nH]nnc2=S)C1. The zero-order valence-corrected chi connectivity index (χ0v) is 8.42. The third-order valence-corrected chi connectivity index (χ3v) is 2.76. The minimum atomic E-state index is 0.551. The highest BCUT2D eigenvalue weighted by Gasteiger charge is 2.20. The highest BCUT2D eigenvalue weighted by molar-refractivity contribution is 7.71. The lowest BCUT2D eigenvalue weighted by Gasteiger charge is -2.09. The Hall–Kier alpha value is -0.750. The lowest BCUT2D eigenvalue weighted by atomic mass is 10.1. The molecule has 0 aromatic carbocycles. The van der Waals surface area contributed by atoms with Crippen molar-refractivity contribution in [2.24, 2.45) is 5.92 Å². The Morgan fingerprint density at radius 1 is 1.69 bits per heavy atom. The van der Waals surface area contributed by atoms with Gasteiger partial charge in [0.05, 0.1) is 0 Å². The van der Waals surface area contributed by atoms with Gasteiger partial charge in [-0.15, -0.1) is 0 Å². The Balaban J connectivity index is 1.99. The highest BCUT2D eigenvalue weighted by atomic mass is 32.1. The van der Waals surface area contributed by atoms with E-state index in [2.05, 4.69) is 27.5 Å². The van der Waals surface area contributed by atoms with Gasteiger partial charge >= 0.3 is 0 Å². The maximum Gasteiger partial charge on any atom is 0.238 e. The van der Waals surface area contributed by atoms with Gasteiger partial charge in [-0.25, -0.2) is 4.68 Å². The summed E-state index contributed by atoms with van der Waals surface area (Å²) in [5.41, 5.74) is 0. The molecule has 0 aliphatic carbocycles. The van der Waals surface area contributed by atoms with Crippen LogP contribution in [0.15, 0.2) is 0 Å². The van der Waals surface area contributed by atoms with Crippen molar-refractivity contribution >= 4 is 12.2 Å². The molecule has 2 rings (SSSR count). The summed E-state index contributed by atoms with van der Waals surface area (Å²) < 4.78 is 2.38. The summed E-state index contributed by atoms with van der Waals surface area (Å²) in [6.07, 6.45) is 1.23. The summed E-state index contributed by atoms with van der Waals surface area (Å²) in [5, 5.41) is 10.2. The quantitative estimate of drug-likeness (QED) is 0.695. The van der Waals surface area contributed by atoms with Gasteiger partial charge < -0.3 is 4.90 Å². The maximum absolute atomic E-state index is 4.99. The summed E-state index contributed by atoms with van der Waals surface area (Å²) in [5.74, 6) is 0.680. The minimum absolute atomic E-state index is 0.551. The van der Waals surface area contributed by atoms with Crippen molar-refractivity contribution in [3.05, 3.63) is 4.77 Å². The van der Waals surface area contributed by atoms with Crippen molar-refractivity contribution in [2.75, 3.05) is 20.1 Å². The van der Waals surface area contributed by atoms with E-state index in [0.29, 0.717) is 10.7 Å². The highest BCUT2D eigenvalue weighted by Crippen LogP contribution is 2.15. The fraction of sp³-hybridized carbons (Fsp3) is 0.857. The molecule has 1 aromatic rings. The second kappa shape index (κ2) is 3.55. The molecular formula is C7H13N5S. The molecule has 72 valence electrons. The van der Waals surface area contributed by atoms with Crippen LogP contribution in [0.3, 0.4) is 0 Å². The minimum Gasteiger partial charge on any atom is -0.306 e. The predicted octanol–water partition coefficient (Wildman–Crippen LogP) is 0.287. The molecule has 6 heteroatoms. The predicted molar refractivity (Wildman–Crippen MR) is 50.8 cm³/mol. The second-order valence-corrected chi connectivity index (χ2v) is 3.98. The van der Waals surface area contributed by atoms with E-state index >= 15 is 0 Å². The standard InChI is InChI=1S/C7H13N5S/c1-11-3-2-6(4-11)5-12-7(13)8-9-10-12/h6H,2-5H2,1H3,(H,8,10,13)/t6-/m1/s1. The molecule has 0 unspecified atom stereocenters. The monoisotopic (exact) mass is 199 g/mol. The summed E-state index contributed by atoms with van der Waals surface area (Å²) in [6, 6.07) is 0. The first-order valence-electron chi connectivity index (χ1n) is 4.42. The maximum atomic E-state index is 4.99. The third kappa shape index (κ3) is 1.94. The number of aromatic nitrogens is 4. The molecule has 1 aliphatic rings. The topological polar surface area (TPSA) is 49.7 Å². The fourth-order valence-electron chi connectivity index (χ4n) is 1.77. The van der Waals surface area contributed by atoms with Crippen molar-refractivity contribution in [3.8, 4) is 0 Å². The van der Waals surface area contributed by atoms with E-state index in [1.54, 1.807) is 0 Å². The molecule has 13 heavy (non-hydrogen) atoms. The summed E-state index contributed by atoms with van der Waals surface area (Å²) >= 11 is 4.99. The molecule has 1 fully saturated rings. The van der Waals surface area contributed by atoms with E-state index in [0.717, 1.165) is 13.1 Å². The molecule has 2 heterocycles. The van der Waals surface area contributed by atoms with Crippen molar-refractivity contribution in [2.45, 2.75) is 13.0 Å². The molecular weight excluding hydrogens is 186 g/mol. The van der Waals surface area contributed by atoms with Crippen molar-refractivity contribution in [1.82, 2.24) is 25.1 Å². The number of nitrogens with zero attached hydrogens (tertiary/aromatic N) is 4. The van der Waals surface area contributed by atoms with Crippen LogP contribution >= 0.6 is 12.2 Å². The largest absolute Gasteiger partial charge is 0.306 e. The molecule has 0 bridgehead atoms. The number of H-pyrrole nitrogens is 1. The number of tetrazole rings is 1. The molecule has 1 saturated heterocycles. The van der Waals surface area contributed by atoms with Crippen LogP contribution in [0.25, 0.3) is 0 Å². The van der Waals surface area contributed by atoms with E-state index in [4.69, 9.17) is 12.2 Å². The van der Waals surface area contributed by atoms with Crippen molar-refractivity contribution in [3.63, 3.8) is 0 Å². The summed E-state index contributed by atoms with van der Waals surface area (Å²) in [4.78, 5) is 2.33. The van der Waals surface area contributed by atoms with Gasteiger partial charge in [0.25, 0.3) is 0 Å². The summed E-state index contributed by atoms with van der Waals surface area (Å²) in [6.45, 7) is 3.23. The molecule has 0 amide bonds. The van der Waals surface area contributed by atoms with Gasteiger partial charge in [-0.05, 0) is 38.1 Å². The van der Waals surface area contributed by atoms with Crippen LogP contribution in [0.4, 0.5) is 0 Å². The lowest BCUT2D eigenvalue weighted by molar-refractivity contribution is 0.366. The second-order valence-electron chi connectivity index (χ2n) is 3.61. The normalized spacial score (nSPS) is 23.9. The molecule has 1 atom stereocenters. The number of aromatic amines is 1. The lowest BCUT2D eigenvalue weighted by Crippen LogP contribution is -2.17. The Morgan fingerprint density at radius 2 is 2.54 bits per heavy atom. The van der Waals surface area contributed by atoms with E-state index in [9.17, 15) is 0 Å². The van der Waals surface area contributed by atoms with E-state index < -0.39 is 0 Å². The van der Waals surface area contributed by atoms with Gasteiger partial charge in [-0.2, -0.15) is 5.21 Å². The van der Waals surface area contributed by atoms with E-state index in [-0.39, 0.29) is 0 Å². The first-order valence-corrected chi connectivity index (χ1v) is 4.83. The van der Waals surface area contributed by atoms with Gasteiger partial charge in [0.2, 0.25) is 4.77 Å². The van der Waals surface area contributed by atoms with Crippen LogP contribution in [0.5, 0.6) is 0 Å². The van der Waals surface area contributed by atoms with E-state index in [1.165, 1.54) is 13.0 Å². The Morgan fingerprint density at radius 3 is 3.08 bits per heavy atom. The molecule has 5 nitrogen and oxygen atoms in total. The first kappa shape index (κ1) is 8.83. The Kier molecular flexibility index (Phi) is 2.41. The Labute approximate surface area is 81.7 Å².